The number of hydrogen-bond acceptors (Lipinski definition) is 5. The summed E-state index contributed by atoms with van der Waals surface area (Å²) in [6.07, 6.45) is 4.49. The smallest absolute Gasteiger partial charge is 0.233 e. The van der Waals surface area contributed by atoms with Crippen molar-refractivity contribution in [3.8, 4) is 0 Å². The predicted octanol–water partition coefficient (Wildman–Crippen LogP) is 4.47. The van der Waals surface area contributed by atoms with Crippen LogP contribution in [0, 0.1) is 0 Å². The van der Waals surface area contributed by atoms with Crippen LogP contribution >= 0.6 is 34.4 Å². The molecule has 122 valence electrons. The lowest BCUT2D eigenvalue weighted by molar-refractivity contribution is -0.130. The van der Waals surface area contributed by atoms with Crippen LogP contribution in [0.1, 0.15) is 21.4 Å². The molecule has 4 rings (SSSR count). The molecule has 0 saturated carbocycles. The second kappa shape index (κ2) is 7.09. The first-order valence-electron chi connectivity index (χ1n) is 7.75. The maximum absolute atomic E-state index is 12.9. The lowest BCUT2D eigenvalue weighted by atomic mass is 9.98. The summed E-state index contributed by atoms with van der Waals surface area (Å²) in [5.41, 5.74) is 1.30. The molecule has 0 bridgehead atoms. The minimum absolute atomic E-state index is 0.0746. The Labute approximate surface area is 153 Å². The number of thiophene rings is 2. The van der Waals surface area contributed by atoms with Crippen LogP contribution in [0.5, 0.6) is 0 Å². The molecular formula is C18H16N2OS3. The van der Waals surface area contributed by atoms with Crippen LogP contribution in [0.3, 0.4) is 0 Å². The van der Waals surface area contributed by atoms with E-state index >= 15 is 0 Å². The molecule has 1 aliphatic rings. The maximum atomic E-state index is 12.9. The average Bonchev–Trinajstić information content (AvgIpc) is 3.31. The topological polar surface area (TPSA) is 33.2 Å². The highest BCUT2D eigenvalue weighted by Gasteiger charge is 2.33. The van der Waals surface area contributed by atoms with E-state index in [9.17, 15) is 4.79 Å². The first-order chi connectivity index (χ1) is 11.8. The standard InChI is InChI=1S/C18H16N2OS3/c21-17(12-24-13-3-7-19-8-4-13)20-9-5-15-14(6-11-23-15)18(20)16-2-1-10-22-16/h1-4,6-8,10-11,18H,5,9,12H2/t18-/m1/s1. The lowest BCUT2D eigenvalue weighted by Crippen LogP contribution is -2.40. The molecule has 0 fully saturated rings. The Bertz CT molecular complexity index is 814. The number of carbonyl (C=O) groups excluding carboxylic acids is 1. The third kappa shape index (κ3) is 3.14. The summed E-state index contributed by atoms with van der Waals surface area (Å²) in [7, 11) is 0. The van der Waals surface area contributed by atoms with Crippen LogP contribution in [0.2, 0.25) is 0 Å². The van der Waals surface area contributed by atoms with Gasteiger partial charge in [0.1, 0.15) is 0 Å². The van der Waals surface area contributed by atoms with Crippen molar-refractivity contribution in [3.05, 3.63) is 68.8 Å². The van der Waals surface area contributed by atoms with E-state index in [1.807, 2.05) is 12.1 Å². The van der Waals surface area contributed by atoms with E-state index in [4.69, 9.17) is 0 Å². The van der Waals surface area contributed by atoms with Crippen molar-refractivity contribution in [2.75, 3.05) is 12.3 Å². The van der Waals surface area contributed by atoms with Gasteiger partial charge < -0.3 is 4.90 Å². The minimum Gasteiger partial charge on any atom is -0.330 e. The minimum atomic E-state index is 0.0746. The van der Waals surface area contributed by atoms with E-state index < -0.39 is 0 Å². The number of carbonyl (C=O) groups is 1. The van der Waals surface area contributed by atoms with Crippen molar-refractivity contribution in [2.45, 2.75) is 17.4 Å². The van der Waals surface area contributed by atoms with Gasteiger partial charge >= 0.3 is 0 Å². The van der Waals surface area contributed by atoms with Gasteiger partial charge in [-0.1, -0.05) is 6.07 Å². The number of nitrogens with zero attached hydrogens (tertiary/aromatic N) is 2. The summed E-state index contributed by atoms with van der Waals surface area (Å²) in [4.78, 5) is 22.7. The number of thioether (sulfide) groups is 1. The molecular weight excluding hydrogens is 356 g/mol. The highest BCUT2D eigenvalue weighted by molar-refractivity contribution is 8.00. The van der Waals surface area contributed by atoms with Crippen LogP contribution in [-0.4, -0.2) is 28.1 Å². The van der Waals surface area contributed by atoms with Gasteiger partial charge in [0.25, 0.3) is 0 Å². The molecule has 0 aliphatic carbocycles. The molecule has 1 amide bonds. The summed E-state index contributed by atoms with van der Waals surface area (Å²) < 4.78 is 0. The Kier molecular flexibility index (Phi) is 4.69. The van der Waals surface area contributed by atoms with Crippen molar-refractivity contribution in [1.82, 2.24) is 9.88 Å². The molecule has 6 heteroatoms. The van der Waals surface area contributed by atoms with E-state index in [2.05, 4.69) is 38.8 Å². The fourth-order valence-corrected chi connectivity index (χ4v) is 5.53. The van der Waals surface area contributed by atoms with E-state index in [0.717, 1.165) is 17.9 Å². The molecule has 3 aromatic rings. The van der Waals surface area contributed by atoms with Gasteiger partial charge in [0.2, 0.25) is 5.91 Å². The Morgan fingerprint density at radius 1 is 1.21 bits per heavy atom. The van der Waals surface area contributed by atoms with Gasteiger partial charge in [-0.05, 0) is 47.0 Å². The normalized spacial score (nSPS) is 16.8. The summed E-state index contributed by atoms with van der Waals surface area (Å²) in [6.45, 7) is 0.797. The molecule has 0 radical (unpaired) electrons. The molecule has 0 aromatic carbocycles. The number of pyridine rings is 1. The highest BCUT2D eigenvalue weighted by Crippen LogP contribution is 2.39. The molecule has 24 heavy (non-hydrogen) atoms. The first-order valence-corrected chi connectivity index (χ1v) is 10.5. The van der Waals surface area contributed by atoms with Crippen LogP contribution in [-0.2, 0) is 11.2 Å². The molecule has 4 heterocycles. The largest absolute Gasteiger partial charge is 0.330 e. The summed E-state index contributed by atoms with van der Waals surface area (Å²) in [5, 5.41) is 4.23. The summed E-state index contributed by atoms with van der Waals surface area (Å²) >= 11 is 5.11. The molecule has 0 spiro atoms. The fraction of sp³-hybridized carbons (Fsp3) is 0.222. The SMILES string of the molecule is O=C(CSc1ccncc1)N1CCc2sccc2[C@@H]1c1cccs1. The van der Waals surface area contributed by atoms with Crippen LogP contribution in [0.15, 0.2) is 58.4 Å². The molecule has 1 aliphatic heterocycles. The van der Waals surface area contributed by atoms with Crippen LogP contribution < -0.4 is 0 Å². The Morgan fingerprint density at radius 3 is 2.88 bits per heavy atom. The van der Waals surface area contributed by atoms with E-state index in [1.54, 1.807) is 46.8 Å². The lowest BCUT2D eigenvalue weighted by Gasteiger charge is -2.35. The van der Waals surface area contributed by atoms with E-state index in [0.29, 0.717) is 5.75 Å². The van der Waals surface area contributed by atoms with Gasteiger partial charge in [-0.25, -0.2) is 0 Å². The molecule has 0 N–H and O–H groups in total. The quantitative estimate of drug-likeness (QED) is 0.634. The van der Waals surface area contributed by atoms with Gasteiger partial charge in [0.05, 0.1) is 11.8 Å². The van der Waals surface area contributed by atoms with Crippen molar-refractivity contribution in [2.24, 2.45) is 0 Å². The maximum Gasteiger partial charge on any atom is 0.233 e. The van der Waals surface area contributed by atoms with Crippen molar-refractivity contribution in [3.63, 3.8) is 0 Å². The monoisotopic (exact) mass is 372 g/mol. The highest BCUT2D eigenvalue weighted by atomic mass is 32.2. The number of hydrogen-bond donors (Lipinski definition) is 0. The second-order valence-corrected chi connectivity index (χ2v) is 8.55. The zero-order valence-electron chi connectivity index (χ0n) is 12.9. The number of fused-ring (bicyclic) bond motifs is 1. The van der Waals surface area contributed by atoms with Gasteiger partial charge in [-0.15, -0.1) is 34.4 Å². The third-order valence-corrected chi connectivity index (χ3v) is 7.03. The molecule has 1 atom stereocenters. The van der Waals surface area contributed by atoms with E-state index in [-0.39, 0.29) is 11.9 Å². The molecule has 0 unspecified atom stereocenters. The third-order valence-electron chi connectivity index (χ3n) is 4.11. The summed E-state index contributed by atoms with van der Waals surface area (Å²) in [5.74, 6) is 0.665. The number of aromatic nitrogens is 1. The van der Waals surface area contributed by atoms with Gasteiger partial charge in [-0.2, -0.15) is 0 Å². The first kappa shape index (κ1) is 15.9. The zero-order chi connectivity index (χ0) is 16.4. The van der Waals surface area contributed by atoms with Crippen LogP contribution in [0.25, 0.3) is 0 Å². The van der Waals surface area contributed by atoms with Crippen LogP contribution in [0.4, 0.5) is 0 Å². The predicted molar refractivity (Wildman–Crippen MR) is 101 cm³/mol. The van der Waals surface area contributed by atoms with E-state index in [1.165, 1.54) is 15.3 Å². The Hall–Kier alpha value is -1.63. The number of amides is 1. The molecule has 0 saturated heterocycles. The van der Waals surface area contributed by atoms with Gasteiger partial charge in [-0.3, -0.25) is 9.78 Å². The van der Waals surface area contributed by atoms with Gasteiger partial charge in [0, 0.05) is 33.6 Å². The Morgan fingerprint density at radius 2 is 2.08 bits per heavy atom. The van der Waals surface area contributed by atoms with Crippen molar-refractivity contribution < 1.29 is 4.79 Å². The van der Waals surface area contributed by atoms with Gasteiger partial charge in [0.15, 0.2) is 0 Å². The van der Waals surface area contributed by atoms with Crippen molar-refractivity contribution >= 4 is 40.3 Å². The molecule has 3 aromatic heterocycles. The summed E-state index contributed by atoms with van der Waals surface area (Å²) in [6, 6.07) is 10.3. The Balaban J connectivity index is 1.56. The van der Waals surface area contributed by atoms with Crippen molar-refractivity contribution in [1.29, 1.82) is 0 Å². The number of rotatable bonds is 4. The fourth-order valence-electron chi connectivity index (χ4n) is 3.00. The molecule has 3 nitrogen and oxygen atoms in total. The zero-order valence-corrected chi connectivity index (χ0v) is 15.4. The second-order valence-electron chi connectivity index (χ2n) is 5.53. The average molecular weight is 373 g/mol.